The molecule has 0 atom stereocenters. The molecule has 4 rings (SSSR count). The van der Waals surface area contributed by atoms with Gasteiger partial charge in [-0.25, -0.2) is 4.98 Å². The molecule has 0 aliphatic rings. The smallest absolute Gasteiger partial charge is 0.270 e. The fraction of sp³-hybridized carbons (Fsp3) is 0.185. The van der Waals surface area contributed by atoms with Crippen LogP contribution in [0, 0.1) is 6.92 Å². The van der Waals surface area contributed by atoms with Gasteiger partial charge in [0.25, 0.3) is 5.91 Å². The quantitative estimate of drug-likeness (QED) is 0.426. The summed E-state index contributed by atoms with van der Waals surface area (Å²) < 4.78 is 7.29. The lowest BCUT2D eigenvalue weighted by Gasteiger charge is -2.12. The number of aryl methyl sites for hydroxylation is 1. The number of nitrogens with zero attached hydrogens (tertiary/aromatic N) is 2. The first-order valence-corrected chi connectivity index (χ1v) is 10.7. The number of rotatable bonds is 7. The molecule has 162 valence electrons. The monoisotopic (exact) mass is 425 g/mol. The van der Waals surface area contributed by atoms with Crippen molar-refractivity contribution in [2.24, 2.45) is 0 Å². The van der Waals surface area contributed by atoms with Crippen LogP contribution in [-0.4, -0.2) is 22.6 Å². The first-order valence-electron chi connectivity index (χ1n) is 10.7. The molecule has 0 aliphatic heterocycles. The molecule has 4 aromatic rings. The molecule has 0 radical (unpaired) electrons. The third kappa shape index (κ3) is 4.42. The molecule has 0 spiro atoms. The molecule has 1 aromatic heterocycles. The fourth-order valence-electron chi connectivity index (χ4n) is 3.76. The Labute approximate surface area is 188 Å². The molecule has 0 saturated heterocycles. The zero-order chi connectivity index (χ0) is 22.5. The van der Waals surface area contributed by atoms with Gasteiger partial charge in [0.05, 0.1) is 7.11 Å². The van der Waals surface area contributed by atoms with E-state index in [9.17, 15) is 4.79 Å². The lowest BCUT2D eigenvalue weighted by Crippen LogP contribution is -2.26. The first-order chi connectivity index (χ1) is 15.6. The highest BCUT2D eigenvalue weighted by Crippen LogP contribution is 2.30. The predicted molar refractivity (Wildman–Crippen MR) is 128 cm³/mol. The van der Waals surface area contributed by atoms with Gasteiger partial charge in [0.1, 0.15) is 23.0 Å². The summed E-state index contributed by atoms with van der Waals surface area (Å²) >= 11 is 0. The topological polar surface area (TPSA) is 56.2 Å². The Morgan fingerprint density at radius 2 is 1.72 bits per heavy atom. The summed E-state index contributed by atoms with van der Waals surface area (Å²) in [7, 11) is 1.64. The maximum absolute atomic E-state index is 13.5. The van der Waals surface area contributed by atoms with Gasteiger partial charge in [-0.3, -0.25) is 4.79 Å². The Hall–Kier alpha value is -3.86. The Morgan fingerprint density at radius 3 is 2.41 bits per heavy atom. The van der Waals surface area contributed by atoms with Crippen molar-refractivity contribution < 1.29 is 9.53 Å². The van der Waals surface area contributed by atoms with Crippen molar-refractivity contribution in [2.75, 3.05) is 7.11 Å². The highest BCUT2D eigenvalue weighted by atomic mass is 16.5. The number of carbonyl (C=O) groups is 1. The van der Waals surface area contributed by atoms with Crippen molar-refractivity contribution in [2.45, 2.75) is 26.9 Å². The van der Waals surface area contributed by atoms with E-state index in [1.807, 2.05) is 97.3 Å². The van der Waals surface area contributed by atoms with Gasteiger partial charge in [-0.1, -0.05) is 72.3 Å². The normalized spacial score (nSPS) is 10.7. The van der Waals surface area contributed by atoms with Crippen molar-refractivity contribution in [1.29, 1.82) is 0 Å². The van der Waals surface area contributed by atoms with Crippen LogP contribution in [0.15, 0.2) is 78.9 Å². The second kappa shape index (κ2) is 9.52. The molecule has 0 aliphatic carbocycles. The van der Waals surface area contributed by atoms with Crippen LogP contribution in [0.5, 0.6) is 5.75 Å². The number of methoxy groups -OCH3 is 1. The highest BCUT2D eigenvalue weighted by Gasteiger charge is 2.24. The highest BCUT2D eigenvalue weighted by molar-refractivity contribution is 5.99. The van der Waals surface area contributed by atoms with E-state index in [1.165, 1.54) is 0 Å². The van der Waals surface area contributed by atoms with Gasteiger partial charge in [-0.15, -0.1) is 0 Å². The third-order valence-corrected chi connectivity index (χ3v) is 5.44. The van der Waals surface area contributed by atoms with Crippen molar-refractivity contribution in [1.82, 2.24) is 14.9 Å². The van der Waals surface area contributed by atoms with Gasteiger partial charge in [-0.05, 0) is 31.5 Å². The number of benzene rings is 3. The average Bonchev–Trinajstić information content (AvgIpc) is 3.23. The minimum atomic E-state index is -0.153. The zero-order valence-corrected chi connectivity index (χ0v) is 18.6. The number of hydrogen-bond acceptors (Lipinski definition) is 3. The maximum atomic E-state index is 13.5. The zero-order valence-electron chi connectivity index (χ0n) is 18.6. The van der Waals surface area contributed by atoms with E-state index in [4.69, 9.17) is 9.72 Å². The van der Waals surface area contributed by atoms with E-state index in [1.54, 1.807) is 7.11 Å². The molecule has 0 unspecified atom stereocenters. The SMILES string of the molecule is CCn1c(-c2ccccc2)nc(-c2ccc(C)cc2)c1C(=O)NCc1cccc(OC)c1. The average molecular weight is 426 g/mol. The number of carbonyl (C=O) groups excluding carboxylic acids is 1. The Morgan fingerprint density at radius 1 is 0.969 bits per heavy atom. The summed E-state index contributed by atoms with van der Waals surface area (Å²) in [6.07, 6.45) is 0. The number of nitrogens with one attached hydrogen (secondary N) is 1. The van der Waals surface area contributed by atoms with E-state index >= 15 is 0 Å². The van der Waals surface area contributed by atoms with Crippen molar-refractivity contribution in [3.05, 3.63) is 95.7 Å². The van der Waals surface area contributed by atoms with Crippen LogP contribution in [-0.2, 0) is 13.1 Å². The molecule has 0 saturated carbocycles. The molecule has 1 heterocycles. The molecule has 3 aromatic carbocycles. The van der Waals surface area contributed by atoms with E-state index in [-0.39, 0.29) is 5.91 Å². The summed E-state index contributed by atoms with van der Waals surface area (Å²) in [5, 5.41) is 3.07. The minimum Gasteiger partial charge on any atom is -0.497 e. The number of ether oxygens (including phenoxy) is 1. The van der Waals surface area contributed by atoms with Gasteiger partial charge in [-0.2, -0.15) is 0 Å². The van der Waals surface area contributed by atoms with Crippen molar-refractivity contribution in [3.63, 3.8) is 0 Å². The summed E-state index contributed by atoms with van der Waals surface area (Å²) in [6.45, 7) is 5.11. The second-order valence-electron chi connectivity index (χ2n) is 7.64. The van der Waals surface area contributed by atoms with E-state index in [2.05, 4.69) is 5.32 Å². The Balaban J connectivity index is 1.75. The van der Waals surface area contributed by atoms with Crippen LogP contribution in [0.1, 0.15) is 28.5 Å². The summed E-state index contributed by atoms with van der Waals surface area (Å²) in [6, 6.07) is 25.8. The lowest BCUT2D eigenvalue weighted by atomic mass is 10.1. The predicted octanol–water partition coefficient (Wildman–Crippen LogP) is 5.48. The molecule has 5 heteroatoms. The molecular formula is C27H27N3O2. The van der Waals surface area contributed by atoms with Crippen LogP contribution < -0.4 is 10.1 Å². The number of hydrogen-bond donors (Lipinski definition) is 1. The van der Waals surface area contributed by atoms with Crippen LogP contribution in [0.3, 0.4) is 0 Å². The molecule has 5 nitrogen and oxygen atoms in total. The van der Waals surface area contributed by atoms with Gasteiger partial charge >= 0.3 is 0 Å². The molecular weight excluding hydrogens is 398 g/mol. The van der Waals surface area contributed by atoms with E-state index in [0.717, 1.165) is 33.8 Å². The van der Waals surface area contributed by atoms with Crippen LogP contribution in [0.2, 0.25) is 0 Å². The molecule has 0 bridgehead atoms. The van der Waals surface area contributed by atoms with Crippen LogP contribution >= 0.6 is 0 Å². The van der Waals surface area contributed by atoms with Crippen molar-refractivity contribution >= 4 is 5.91 Å². The van der Waals surface area contributed by atoms with Crippen LogP contribution in [0.25, 0.3) is 22.6 Å². The van der Waals surface area contributed by atoms with Gasteiger partial charge in [0.2, 0.25) is 0 Å². The molecule has 0 fully saturated rings. The largest absolute Gasteiger partial charge is 0.497 e. The number of amides is 1. The van der Waals surface area contributed by atoms with Gasteiger partial charge < -0.3 is 14.6 Å². The molecule has 1 N–H and O–H groups in total. The summed E-state index contributed by atoms with van der Waals surface area (Å²) in [5.41, 5.74) is 5.30. The standard InChI is InChI=1S/C27H27N3O2/c1-4-30-25(27(31)28-18-20-9-8-12-23(17-20)32-3)24(21-15-13-19(2)14-16-21)29-26(30)22-10-6-5-7-11-22/h5-17H,4,18H2,1-3H3,(H,28,31). The second-order valence-corrected chi connectivity index (χ2v) is 7.64. The summed E-state index contributed by atoms with van der Waals surface area (Å²) in [4.78, 5) is 18.4. The van der Waals surface area contributed by atoms with Crippen LogP contribution in [0.4, 0.5) is 0 Å². The lowest BCUT2D eigenvalue weighted by molar-refractivity contribution is 0.0942. The molecule has 32 heavy (non-hydrogen) atoms. The number of imidazole rings is 1. The van der Waals surface area contributed by atoms with Crippen molar-refractivity contribution in [3.8, 4) is 28.4 Å². The summed E-state index contributed by atoms with van der Waals surface area (Å²) in [5.74, 6) is 1.40. The number of aromatic nitrogens is 2. The first kappa shape index (κ1) is 21.4. The Kier molecular flexibility index (Phi) is 6.36. The minimum absolute atomic E-state index is 0.153. The fourth-order valence-corrected chi connectivity index (χ4v) is 3.76. The molecule has 1 amide bonds. The van der Waals surface area contributed by atoms with Gasteiger partial charge in [0, 0.05) is 24.2 Å². The van der Waals surface area contributed by atoms with Gasteiger partial charge in [0.15, 0.2) is 0 Å². The van der Waals surface area contributed by atoms with E-state index < -0.39 is 0 Å². The Bertz CT molecular complexity index is 1210. The maximum Gasteiger partial charge on any atom is 0.270 e. The van der Waals surface area contributed by atoms with E-state index in [0.29, 0.717) is 24.5 Å². The third-order valence-electron chi connectivity index (χ3n) is 5.44.